The van der Waals surface area contributed by atoms with Gasteiger partial charge in [0, 0.05) is 50.6 Å². The van der Waals surface area contributed by atoms with Crippen LogP contribution in [-0.4, -0.2) is 78.1 Å². The Morgan fingerprint density at radius 3 is 2.04 bits per heavy atom. The van der Waals surface area contributed by atoms with Gasteiger partial charge in [0.1, 0.15) is 30.5 Å². The van der Waals surface area contributed by atoms with E-state index in [4.69, 9.17) is 24.2 Å². The number of ether oxygens (including phenoxy) is 3. The van der Waals surface area contributed by atoms with Crippen LogP contribution in [0.1, 0.15) is 204 Å². The standard InChI is InChI=1S/C60H92FN3O8/c1-5-8-10-12-14-16-18-20-22-26-38-62-59(68)71-49-36-37-54-52(43-49)57-50(30-25-28-40-66)47(29-24-27-39-65)42-51-53(63-69-4)44-55(60(72-54,58(51)57)70-41-7-3)64(45-46-32-34-48(61)35-33-46)56(67)31-23-21-19-17-15-13-11-9-6-2/h7,32-37,42-43,47,50,55,57-58,65-66H,3,5-6,8-31,38-41,44-45H2,1-2,4H3,(H,62,68). The van der Waals surface area contributed by atoms with Gasteiger partial charge in [0.25, 0.3) is 0 Å². The second kappa shape index (κ2) is 32.8. The predicted molar refractivity (Wildman–Crippen MR) is 287 cm³/mol. The lowest BCUT2D eigenvalue weighted by molar-refractivity contribution is -0.258. The molecule has 2 amide bonds. The number of fused-ring (bicyclic) bond motifs is 2. The van der Waals surface area contributed by atoms with Crippen molar-refractivity contribution in [1.82, 2.24) is 10.2 Å². The Bertz CT molecular complexity index is 1960. The zero-order chi connectivity index (χ0) is 51.4. The van der Waals surface area contributed by atoms with Crippen molar-refractivity contribution in [2.45, 2.75) is 212 Å². The van der Waals surface area contributed by atoms with Crippen molar-refractivity contribution in [2.24, 2.45) is 22.9 Å². The van der Waals surface area contributed by atoms with E-state index < -0.39 is 23.8 Å². The Balaban J connectivity index is 1.52. The van der Waals surface area contributed by atoms with Crippen molar-refractivity contribution in [3.8, 4) is 11.5 Å². The molecule has 3 N–H and O–H groups in total. The minimum absolute atomic E-state index is 0.00420. The zero-order valence-electron chi connectivity index (χ0n) is 44.5. The highest BCUT2D eigenvalue weighted by molar-refractivity contribution is 6.03. The third-order valence-electron chi connectivity index (χ3n) is 15.3. The number of carbonyl (C=O) groups excluding carboxylic acids is 2. The quantitative estimate of drug-likeness (QED) is 0.0345. The monoisotopic (exact) mass is 1000 g/mol. The van der Waals surface area contributed by atoms with Gasteiger partial charge in [0.15, 0.2) is 0 Å². The SMILES string of the molecule is C=CCOC12Oc3ccc(OC(=O)NCCCCCCCCCCCC)cc3C3C(CCCCO)C(CCCCO)C=C(C(=NOC)CC1N(Cc1ccc(F)cc1)C(=O)CCCCCCCCCCC)C32. The molecule has 0 spiro atoms. The molecule has 0 radical (unpaired) electrons. The number of hydrogen-bond donors (Lipinski definition) is 3. The molecule has 1 saturated carbocycles. The summed E-state index contributed by atoms with van der Waals surface area (Å²) < 4.78 is 35.0. The summed E-state index contributed by atoms with van der Waals surface area (Å²) in [5.74, 6) is -1.62. The van der Waals surface area contributed by atoms with E-state index in [9.17, 15) is 19.4 Å². The normalized spacial score (nSPS) is 21.6. The molecule has 402 valence electrons. The Hall–Kier alpha value is -4.26. The fourth-order valence-electron chi connectivity index (χ4n) is 11.7. The van der Waals surface area contributed by atoms with Crippen LogP contribution < -0.4 is 14.8 Å². The van der Waals surface area contributed by atoms with Crippen LogP contribution in [0.4, 0.5) is 9.18 Å². The van der Waals surface area contributed by atoms with Crippen LogP contribution in [0.15, 0.2) is 71.9 Å². The van der Waals surface area contributed by atoms with E-state index in [1.54, 1.807) is 31.4 Å². The molecule has 0 bridgehead atoms. The van der Waals surface area contributed by atoms with E-state index in [0.717, 1.165) is 87.3 Å². The summed E-state index contributed by atoms with van der Waals surface area (Å²) in [4.78, 5) is 36.0. The van der Waals surface area contributed by atoms with E-state index >= 15 is 4.79 Å². The second-order valence-corrected chi connectivity index (χ2v) is 20.7. The number of aliphatic hydroxyl groups excluding tert-OH is 2. The minimum Gasteiger partial charge on any atom is -0.459 e. The van der Waals surface area contributed by atoms with E-state index in [-0.39, 0.29) is 62.3 Å². The van der Waals surface area contributed by atoms with Gasteiger partial charge in [-0.1, -0.05) is 165 Å². The van der Waals surface area contributed by atoms with Crippen LogP contribution in [0, 0.1) is 23.6 Å². The summed E-state index contributed by atoms with van der Waals surface area (Å²) in [6.45, 7) is 9.56. The van der Waals surface area contributed by atoms with Gasteiger partial charge in [-0.2, -0.15) is 0 Å². The maximum Gasteiger partial charge on any atom is 0.412 e. The van der Waals surface area contributed by atoms with Crippen molar-refractivity contribution >= 4 is 17.7 Å². The summed E-state index contributed by atoms with van der Waals surface area (Å²) in [5.41, 5.74) is 3.27. The van der Waals surface area contributed by atoms with Crippen molar-refractivity contribution in [2.75, 3.05) is 33.5 Å². The number of rotatable bonds is 37. The number of nitrogens with zero attached hydrogens (tertiary/aromatic N) is 2. The Kier molecular flexibility index (Phi) is 26.7. The molecular weight excluding hydrogens is 910 g/mol. The van der Waals surface area contributed by atoms with Crippen LogP contribution in [0.25, 0.3) is 0 Å². The Morgan fingerprint density at radius 1 is 0.819 bits per heavy atom. The molecule has 2 aliphatic carbocycles. The van der Waals surface area contributed by atoms with Crippen LogP contribution in [-0.2, 0) is 20.9 Å². The number of aliphatic hydroxyl groups is 2. The number of halogens is 1. The molecule has 0 saturated heterocycles. The first kappa shape index (κ1) is 58.6. The van der Waals surface area contributed by atoms with Gasteiger partial charge in [-0.25, -0.2) is 9.18 Å². The molecular formula is C60H92FN3O8. The third kappa shape index (κ3) is 17.4. The molecule has 12 heteroatoms. The van der Waals surface area contributed by atoms with Gasteiger partial charge in [0.05, 0.1) is 18.2 Å². The summed E-state index contributed by atoms with van der Waals surface area (Å²) in [6.07, 6.45) is 30.8. The first-order valence-corrected chi connectivity index (χ1v) is 28.4. The number of unbranched alkanes of at least 4 members (excludes halogenated alkanes) is 19. The zero-order valence-corrected chi connectivity index (χ0v) is 44.5. The summed E-state index contributed by atoms with van der Waals surface area (Å²) >= 11 is 0. The number of carbonyl (C=O) groups is 2. The first-order valence-electron chi connectivity index (χ1n) is 28.4. The fourth-order valence-corrected chi connectivity index (χ4v) is 11.7. The Labute approximate surface area is 432 Å². The molecule has 5 rings (SSSR count). The van der Waals surface area contributed by atoms with Gasteiger partial charge in [-0.05, 0) is 91.8 Å². The molecule has 1 aliphatic heterocycles. The van der Waals surface area contributed by atoms with Gasteiger partial charge in [-0.15, -0.1) is 6.58 Å². The van der Waals surface area contributed by atoms with Crippen LogP contribution >= 0.6 is 0 Å². The molecule has 0 aromatic heterocycles. The number of nitrogens with one attached hydrogen (secondary N) is 1. The van der Waals surface area contributed by atoms with Crippen LogP contribution in [0.2, 0.25) is 0 Å². The average molecular weight is 1000 g/mol. The maximum atomic E-state index is 15.1. The molecule has 1 heterocycles. The molecule has 6 unspecified atom stereocenters. The summed E-state index contributed by atoms with van der Waals surface area (Å²) in [6, 6.07) is 11.2. The van der Waals surface area contributed by atoms with Gasteiger partial charge in [0.2, 0.25) is 11.7 Å². The molecule has 6 atom stereocenters. The van der Waals surface area contributed by atoms with Crippen molar-refractivity contribution < 1.29 is 43.2 Å². The molecule has 11 nitrogen and oxygen atoms in total. The molecule has 2 aromatic carbocycles. The molecule has 72 heavy (non-hydrogen) atoms. The number of benzene rings is 2. The largest absolute Gasteiger partial charge is 0.459 e. The van der Waals surface area contributed by atoms with E-state index in [1.165, 1.54) is 89.2 Å². The van der Waals surface area contributed by atoms with E-state index in [1.807, 2.05) is 17.0 Å². The first-order chi connectivity index (χ1) is 35.2. The van der Waals surface area contributed by atoms with Crippen molar-refractivity contribution in [1.29, 1.82) is 0 Å². The smallest absolute Gasteiger partial charge is 0.412 e. The summed E-state index contributed by atoms with van der Waals surface area (Å²) in [7, 11) is 1.54. The number of allylic oxidation sites excluding steroid dienone is 1. The topological polar surface area (TPSA) is 139 Å². The number of oxime groups is 1. The third-order valence-corrected chi connectivity index (χ3v) is 15.3. The van der Waals surface area contributed by atoms with E-state index in [2.05, 4.69) is 31.8 Å². The molecule has 1 fully saturated rings. The minimum atomic E-state index is -1.45. The Morgan fingerprint density at radius 2 is 1.43 bits per heavy atom. The van der Waals surface area contributed by atoms with Gasteiger partial charge in [-0.3, -0.25) is 4.79 Å². The van der Waals surface area contributed by atoms with Crippen LogP contribution in [0.3, 0.4) is 0 Å². The number of amides is 2. The van der Waals surface area contributed by atoms with Gasteiger partial charge < -0.3 is 39.5 Å². The van der Waals surface area contributed by atoms with Gasteiger partial charge >= 0.3 is 6.09 Å². The molecule has 3 aliphatic rings. The highest BCUT2D eigenvalue weighted by atomic mass is 19.1. The predicted octanol–water partition coefficient (Wildman–Crippen LogP) is 14.0. The fraction of sp³-hybridized carbons (Fsp3) is 0.683. The van der Waals surface area contributed by atoms with Crippen molar-refractivity contribution in [3.63, 3.8) is 0 Å². The van der Waals surface area contributed by atoms with Crippen molar-refractivity contribution in [3.05, 3.63) is 83.7 Å². The maximum absolute atomic E-state index is 15.1. The lowest BCUT2D eigenvalue weighted by Crippen LogP contribution is -2.70. The number of hydrogen-bond acceptors (Lipinski definition) is 9. The molecule has 2 aromatic rings. The average Bonchev–Trinajstić information content (AvgIpc) is 3.38. The highest BCUT2D eigenvalue weighted by Crippen LogP contribution is 2.62. The second-order valence-electron chi connectivity index (χ2n) is 20.7. The highest BCUT2D eigenvalue weighted by Gasteiger charge is 2.65. The summed E-state index contributed by atoms with van der Waals surface area (Å²) in [5, 5.41) is 27.7. The van der Waals surface area contributed by atoms with Crippen LogP contribution in [0.5, 0.6) is 11.5 Å². The lowest BCUT2D eigenvalue weighted by Gasteiger charge is -2.60. The van der Waals surface area contributed by atoms with E-state index in [0.29, 0.717) is 43.0 Å². The lowest BCUT2D eigenvalue weighted by atomic mass is 9.55.